The van der Waals surface area contributed by atoms with Crippen LogP contribution in [0.5, 0.6) is 5.75 Å². The second kappa shape index (κ2) is 6.52. The van der Waals surface area contributed by atoms with Crippen LogP contribution in [0, 0.1) is 20.8 Å². The molecule has 0 atom stereocenters. The van der Waals surface area contributed by atoms with Crippen LogP contribution in [-0.4, -0.2) is 17.5 Å². The minimum absolute atomic E-state index is 0.0795. The van der Waals surface area contributed by atoms with E-state index in [1.54, 1.807) is 0 Å². The fourth-order valence-electron chi connectivity index (χ4n) is 1.81. The first-order chi connectivity index (χ1) is 9.54. The predicted molar refractivity (Wildman–Crippen MR) is 81.5 cm³/mol. The zero-order valence-electron chi connectivity index (χ0n) is 11.9. The van der Waals surface area contributed by atoms with Gasteiger partial charge in [0, 0.05) is 5.38 Å². The molecular formula is C15H18N2O2S. The molecule has 1 aromatic heterocycles. The number of amides is 1. The van der Waals surface area contributed by atoms with Crippen LogP contribution in [0.25, 0.3) is 0 Å². The van der Waals surface area contributed by atoms with Crippen molar-refractivity contribution in [1.29, 1.82) is 0 Å². The van der Waals surface area contributed by atoms with Gasteiger partial charge in [0.2, 0.25) is 5.91 Å². The molecule has 0 radical (unpaired) electrons. The van der Waals surface area contributed by atoms with Crippen LogP contribution >= 0.6 is 11.3 Å². The highest BCUT2D eigenvalue weighted by atomic mass is 32.1. The van der Waals surface area contributed by atoms with Crippen LogP contribution in [0.3, 0.4) is 0 Å². The Hall–Kier alpha value is -1.88. The highest BCUT2D eigenvalue weighted by Crippen LogP contribution is 2.19. The van der Waals surface area contributed by atoms with Crippen molar-refractivity contribution in [2.24, 2.45) is 0 Å². The number of aryl methyl sites for hydroxylation is 3. The van der Waals surface area contributed by atoms with Gasteiger partial charge in [-0.05, 0) is 32.4 Å². The van der Waals surface area contributed by atoms with Gasteiger partial charge >= 0.3 is 0 Å². The molecule has 0 fully saturated rings. The van der Waals surface area contributed by atoms with Gasteiger partial charge in [-0.2, -0.15) is 0 Å². The van der Waals surface area contributed by atoms with Gasteiger partial charge in [-0.3, -0.25) is 4.79 Å². The summed E-state index contributed by atoms with van der Waals surface area (Å²) in [5.41, 5.74) is 3.20. The first-order valence-electron chi connectivity index (χ1n) is 6.46. The highest BCUT2D eigenvalue weighted by Gasteiger charge is 2.06. The number of benzene rings is 1. The zero-order valence-corrected chi connectivity index (χ0v) is 12.7. The van der Waals surface area contributed by atoms with Crippen molar-refractivity contribution in [2.45, 2.75) is 27.2 Å². The van der Waals surface area contributed by atoms with E-state index in [4.69, 9.17) is 4.74 Å². The third-order valence-corrected chi connectivity index (χ3v) is 3.66. The number of anilines is 1. The Morgan fingerprint density at radius 2 is 2.15 bits per heavy atom. The second-order valence-electron chi connectivity index (χ2n) is 4.71. The van der Waals surface area contributed by atoms with E-state index < -0.39 is 0 Å². The SMILES string of the molecule is Cc1ccc(OCCC(=O)Nc2nc(C)cs2)c(C)c1. The van der Waals surface area contributed by atoms with E-state index in [9.17, 15) is 4.79 Å². The summed E-state index contributed by atoms with van der Waals surface area (Å²) in [7, 11) is 0. The molecule has 0 saturated heterocycles. The summed E-state index contributed by atoms with van der Waals surface area (Å²) in [4.78, 5) is 15.9. The van der Waals surface area contributed by atoms with Gasteiger partial charge in [-0.15, -0.1) is 11.3 Å². The number of aromatic nitrogens is 1. The van der Waals surface area contributed by atoms with Gasteiger partial charge < -0.3 is 10.1 Å². The molecule has 0 aliphatic heterocycles. The third kappa shape index (κ3) is 4.06. The lowest BCUT2D eigenvalue weighted by atomic mass is 10.1. The molecule has 1 N–H and O–H groups in total. The largest absolute Gasteiger partial charge is 0.493 e. The average Bonchev–Trinajstić information content (AvgIpc) is 2.77. The maximum atomic E-state index is 11.7. The maximum absolute atomic E-state index is 11.7. The Balaban J connectivity index is 1.79. The molecule has 1 amide bonds. The van der Waals surface area contributed by atoms with Crippen molar-refractivity contribution in [1.82, 2.24) is 4.98 Å². The molecule has 0 aliphatic rings. The minimum atomic E-state index is -0.0795. The Morgan fingerprint density at radius 1 is 1.35 bits per heavy atom. The average molecular weight is 290 g/mol. The van der Waals surface area contributed by atoms with E-state index in [1.165, 1.54) is 16.9 Å². The van der Waals surface area contributed by atoms with Crippen molar-refractivity contribution in [3.05, 3.63) is 40.4 Å². The molecule has 0 aliphatic carbocycles. The lowest BCUT2D eigenvalue weighted by Gasteiger charge is -2.09. The number of nitrogens with one attached hydrogen (secondary N) is 1. The summed E-state index contributed by atoms with van der Waals surface area (Å²) in [6.45, 7) is 6.30. The topological polar surface area (TPSA) is 51.2 Å². The molecular weight excluding hydrogens is 272 g/mol. The van der Waals surface area contributed by atoms with Crippen LogP contribution in [0.2, 0.25) is 0 Å². The summed E-state index contributed by atoms with van der Waals surface area (Å²) in [6.07, 6.45) is 0.311. The molecule has 2 aromatic rings. The van der Waals surface area contributed by atoms with Gasteiger partial charge in [0.05, 0.1) is 18.7 Å². The molecule has 4 nitrogen and oxygen atoms in total. The third-order valence-electron chi connectivity index (χ3n) is 2.78. The fraction of sp³-hybridized carbons (Fsp3) is 0.333. The Labute approximate surface area is 122 Å². The molecule has 20 heavy (non-hydrogen) atoms. The van der Waals surface area contributed by atoms with Gasteiger partial charge in [0.15, 0.2) is 5.13 Å². The number of ether oxygens (including phenoxy) is 1. The quantitative estimate of drug-likeness (QED) is 0.917. The van der Waals surface area contributed by atoms with Crippen molar-refractivity contribution < 1.29 is 9.53 Å². The molecule has 5 heteroatoms. The smallest absolute Gasteiger partial charge is 0.229 e. The monoisotopic (exact) mass is 290 g/mol. The molecule has 2 rings (SSSR count). The van der Waals surface area contributed by atoms with E-state index in [1.807, 2.05) is 38.3 Å². The van der Waals surface area contributed by atoms with Gasteiger partial charge in [-0.1, -0.05) is 17.7 Å². The van der Waals surface area contributed by atoms with Gasteiger partial charge in [-0.25, -0.2) is 4.98 Å². The summed E-state index contributed by atoms with van der Waals surface area (Å²) in [5, 5.41) is 5.30. The molecule has 1 heterocycles. The van der Waals surface area contributed by atoms with E-state index in [2.05, 4.69) is 16.4 Å². The summed E-state index contributed by atoms with van der Waals surface area (Å²) in [5.74, 6) is 0.748. The second-order valence-corrected chi connectivity index (χ2v) is 5.57. The van der Waals surface area contributed by atoms with Crippen LogP contribution in [0.15, 0.2) is 23.6 Å². The molecule has 0 unspecified atom stereocenters. The number of hydrogen-bond donors (Lipinski definition) is 1. The fourth-order valence-corrected chi connectivity index (χ4v) is 2.51. The molecule has 1 aromatic carbocycles. The number of thiazole rings is 1. The van der Waals surface area contributed by atoms with Crippen molar-refractivity contribution in [3.8, 4) is 5.75 Å². The van der Waals surface area contributed by atoms with Crippen LogP contribution in [0.4, 0.5) is 5.13 Å². The standard InChI is InChI=1S/C15H18N2O2S/c1-10-4-5-13(11(2)8-10)19-7-6-14(18)17-15-16-12(3)9-20-15/h4-5,8-9H,6-7H2,1-3H3,(H,16,17,18). The number of carbonyl (C=O) groups excluding carboxylic acids is 1. The van der Waals surface area contributed by atoms with Crippen molar-refractivity contribution >= 4 is 22.4 Å². The molecule has 0 saturated carbocycles. The molecule has 106 valence electrons. The van der Waals surface area contributed by atoms with E-state index in [0.29, 0.717) is 18.2 Å². The van der Waals surface area contributed by atoms with E-state index in [0.717, 1.165) is 17.0 Å². The zero-order chi connectivity index (χ0) is 14.5. The molecule has 0 bridgehead atoms. The molecule has 0 spiro atoms. The van der Waals surface area contributed by atoms with Gasteiger partial charge in [0.25, 0.3) is 0 Å². The lowest BCUT2D eigenvalue weighted by molar-refractivity contribution is -0.116. The van der Waals surface area contributed by atoms with Crippen LogP contribution < -0.4 is 10.1 Å². The number of rotatable bonds is 5. The first kappa shape index (κ1) is 14.5. The summed E-state index contributed by atoms with van der Waals surface area (Å²) < 4.78 is 5.63. The lowest BCUT2D eigenvalue weighted by Crippen LogP contribution is -2.15. The normalized spacial score (nSPS) is 10.3. The van der Waals surface area contributed by atoms with E-state index >= 15 is 0 Å². The Bertz CT molecular complexity index is 608. The number of carbonyl (C=O) groups is 1. The predicted octanol–water partition coefficient (Wildman–Crippen LogP) is 3.48. The Kier molecular flexibility index (Phi) is 4.74. The summed E-state index contributed by atoms with van der Waals surface area (Å²) in [6, 6.07) is 6.00. The number of hydrogen-bond acceptors (Lipinski definition) is 4. The van der Waals surface area contributed by atoms with Crippen molar-refractivity contribution in [2.75, 3.05) is 11.9 Å². The Morgan fingerprint density at radius 3 is 2.80 bits per heavy atom. The highest BCUT2D eigenvalue weighted by molar-refractivity contribution is 7.13. The van der Waals surface area contributed by atoms with Crippen LogP contribution in [-0.2, 0) is 4.79 Å². The maximum Gasteiger partial charge on any atom is 0.229 e. The van der Waals surface area contributed by atoms with Crippen molar-refractivity contribution in [3.63, 3.8) is 0 Å². The minimum Gasteiger partial charge on any atom is -0.493 e. The van der Waals surface area contributed by atoms with Crippen LogP contribution in [0.1, 0.15) is 23.2 Å². The van der Waals surface area contributed by atoms with Gasteiger partial charge in [0.1, 0.15) is 5.75 Å². The van der Waals surface area contributed by atoms with E-state index in [-0.39, 0.29) is 5.91 Å². The first-order valence-corrected chi connectivity index (χ1v) is 7.34. The number of nitrogens with zero attached hydrogens (tertiary/aromatic N) is 1. The summed E-state index contributed by atoms with van der Waals surface area (Å²) >= 11 is 1.43.